The van der Waals surface area contributed by atoms with E-state index in [0.717, 1.165) is 96.3 Å². The molecule has 2 aliphatic heterocycles. The Bertz CT molecular complexity index is 1230. The third-order valence-corrected chi connectivity index (χ3v) is 13.0. The highest BCUT2D eigenvalue weighted by atomic mass is 16.6. The molecule has 0 aromatic heterocycles. The van der Waals surface area contributed by atoms with Gasteiger partial charge in [-0.2, -0.15) is 0 Å². The zero-order valence-electron chi connectivity index (χ0n) is 39.4. The highest BCUT2D eigenvalue weighted by Crippen LogP contribution is 2.32. The normalized spacial score (nSPS) is 28.7. The Labute approximate surface area is 376 Å². The summed E-state index contributed by atoms with van der Waals surface area (Å²) in [5.74, 6) is -0.813. The van der Waals surface area contributed by atoms with Gasteiger partial charge in [-0.25, -0.2) is 0 Å². The van der Waals surface area contributed by atoms with Crippen molar-refractivity contribution < 1.29 is 50.3 Å². The van der Waals surface area contributed by atoms with Gasteiger partial charge in [0.1, 0.15) is 24.7 Å². The van der Waals surface area contributed by atoms with Crippen LogP contribution in [0.2, 0.25) is 0 Å². The summed E-state index contributed by atoms with van der Waals surface area (Å²) in [7, 11) is 0. The van der Waals surface area contributed by atoms with Gasteiger partial charge in [0.05, 0.1) is 37.5 Å². The first-order valence-corrected chi connectivity index (χ1v) is 24.7. The monoisotopic (exact) mass is 881 g/mol. The lowest BCUT2D eigenvalue weighted by Gasteiger charge is -2.47. The van der Waals surface area contributed by atoms with Gasteiger partial charge in [0.2, 0.25) is 0 Å². The molecular formula is C50H92N2O10. The number of allylic oxidation sites excluding steroid dienone is 7. The Morgan fingerprint density at radius 2 is 1.02 bits per heavy atom. The summed E-state index contributed by atoms with van der Waals surface area (Å²) in [6.45, 7) is 10.5. The van der Waals surface area contributed by atoms with Gasteiger partial charge < -0.3 is 50.3 Å². The standard InChI is InChI=1S/C50H92N2O10/c1-6-9-12-14-17-21-26-35-52(46-39(5)48(58)42(37-54)62-50(46)60)44(56)33-28-31-40(29-23-11-8-3)30-24-19-16-18-22-27-34-51(43(55)32-25-20-15-13-10-7-2)45-38(4)47(57)41(36-53)61-49(45)59/h10,13,16-17,19,21,31,38-39,41-50,53-60H,6-9,11-12,14-15,18,20,22-30,32-37H2,1-5H3/b13-10-,19-16-,21-17-,40-31+/t38-,39-,41-,42-,43?,44?,45-,46-,47+,48+,49?,50?/m1/s1. The highest BCUT2D eigenvalue weighted by molar-refractivity contribution is 5.04. The van der Waals surface area contributed by atoms with E-state index < -0.39 is 73.4 Å². The van der Waals surface area contributed by atoms with Crippen LogP contribution in [-0.4, -0.2) is 138 Å². The van der Waals surface area contributed by atoms with E-state index in [1.54, 1.807) is 0 Å². The third-order valence-electron chi connectivity index (χ3n) is 13.0. The summed E-state index contributed by atoms with van der Waals surface area (Å²) >= 11 is 0. The number of rotatable bonds is 34. The van der Waals surface area contributed by atoms with Crippen molar-refractivity contribution in [3.63, 3.8) is 0 Å². The summed E-state index contributed by atoms with van der Waals surface area (Å²) in [6.07, 6.45) is 27.3. The van der Waals surface area contributed by atoms with Crippen molar-refractivity contribution in [1.29, 1.82) is 0 Å². The first-order valence-electron chi connectivity index (χ1n) is 24.7. The van der Waals surface area contributed by atoms with E-state index >= 15 is 0 Å². The van der Waals surface area contributed by atoms with E-state index in [0.29, 0.717) is 38.8 Å². The lowest BCUT2D eigenvalue weighted by Crippen LogP contribution is -2.62. The SMILES string of the molecule is CC/C=C\CCCCC(O)N(CCCC/C=C\CC/C(=C/CCC(O)N(CC/C=C\CCCCC)[C@H]1C(O)O[C@H](CO)[C@@H](O)[C@@H]1C)CCCCC)[C@H]1C(O)O[C@H](CO)[C@@H](O)[C@@H]1C. The van der Waals surface area contributed by atoms with Crippen molar-refractivity contribution in [2.75, 3.05) is 26.3 Å². The smallest absolute Gasteiger partial charge is 0.171 e. The average Bonchev–Trinajstić information content (AvgIpc) is 3.26. The van der Waals surface area contributed by atoms with Gasteiger partial charge >= 0.3 is 0 Å². The molecule has 2 fully saturated rings. The Kier molecular flexibility index (Phi) is 30.9. The van der Waals surface area contributed by atoms with Crippen LogP contribution in [0.5, 0.6) is 0 Å². The number of nitrogens with zero attached hydrogens (tertiary/aromatic N) is 2. The molecule has 12 atom stereocenters. The second-order valence-corrected chi connectivity index (χ2v) is 17.9. The van der Waals surface area contributed by atoms with Gasteiger partial charge in [0.15, 0.2) is 12.6 Å². The highest BCUT2D eigenvalue weighted by Gasteiger charge is 2.47. The predicted molar refractivity (Wildman–Crippen MR) is 249 cm³/mol. The summed E-state index contributed by atoms with van der Waals surface area (Å²) in [4.78, 5) is 3.78. The Morgan fingerprint density at radius 1 is 0.532 bits per heavy atom. The van der Waals surface area contributed by atoms with E-state index in [4.69, 9.17) is 9.47 Å². The molecule has 0 saturated carbocycles. The van der Waals surface area contributed by atoms with Gasteiger partial charge in [0, 0.05) is 24.9 Å². The zero-order chi connectivity index (χ0) is 45.7. The maximum absolute atomic E-state index is 11.6. The average molecular weight is 881 g/mol. The third kappa shape index (κ3) is 20.3. The van der Waals surface area contributed by atoms with Gasteiger partial charge in [-0.1, -0.05) is 108 Å². The maximum Gasteiger partial charge on any atom is 0.171 e. The van der Waals surface area contributed by atoms with E-state index in [2.05, 4.69) is 63.3 Å². The number of aliphatic hydroxyl groups is 8. The van der Waals surface area contributed by atoms with Crippen LogP contribution in [0.4, 0.5) is 0 Å². The molecule has 0 spiro atoms. The van der Waals surface area contributed by atoms with Crippen molar-refractivity contribution >= 4 is 0 Å². The molecule has 0 aliphatic carbocycles. The van der Waals surface area contributed by atoms with Crippen LogP contribution in [0, 0.1) is 11.8 Å². The fourth-order valence-electron chi connectivity index (χ4n) is 9.11. The summed E-state index contributed by atoms with van der Waals surface area (Å²) < 4.78 is 11.2. The second-order valence-electron chi connectivity index (χ2n) is 17.9. The number of hydrogen-bond acceptors (Lipinski definition) is 12. The van der Waals surface area contributed by atoms with Crippen molar-refractivity contribution in [2.45, 2.75) is 231 Å². The fourth-order valence-corrected chi connectivity index (χ4v) is 9.11. The number of ether oxygens (including phenoxy) is 2. The molecular weight excluding hydrogens is 789 g/mol. The van der Waals surface area contributed by atoms with E-state index in [1.165, 1.54) is 18.4 Å². The first-order chi connectivity index (χ1) is 30.0. The summed E-state index contributed by atoms with van der Waals surface area (Å²) in [5.41, 5.74) is 1.38. The van der Waals surface area contributed by atoms with Crippen molar-refractivity contribution in [1.82, 2.24) is 9.80 Å². The minimum Gasteiger partial charge on any atom is -0.394 e. The van der Waals surface area contributed by atoms with Crippen LogP contribution in [-0.2, 0) is 9.47 Å². The minimum atomic E-state index is -1.24. The van der Waals surface area contributed by atoms with Crippen molar-refractivity contribution in [2.24, 2.45) is 11.8 Å². The number of hydrogen-bond donors (Lipinski definition) is 8. The van der Waals surface area contributed by atoms with Crippen molar-refractivity contribution in [3.05, 3.63) is 48.1 Å². The Morgan fingerprint density at radius 3 is 1.58 bits per heavy atom. The van der Waals surface area contributed by atoms with Gasteiger partial charge in [0.25, 0.3) is 0 Å². The molecule has 8 N–H and O–H groups in total. The van der Waals surface area contributed by atoms with Crippen molar-refractivity contribution in [3.8, 4) is 0 Å². The topological polar surface area (TPSA) is 187 Å². The fraction of sp³-hybridized carbons (Fsp3) is 0.840. The van der Waals surface area contributed by atoms with Crippen LogP contribution >= 0.6 is 0 Å². The summed E-state index contributed by atoms with van der Waals surface area (Å²) in [5, 5.41) is 86.0. The van der Waals surface area contributed by atoms with E-state index in [9.17, 15) is 40.9 Å². The maximum atomic E-state index is 11.6. The molecule has 12 heteroatoms. The minimum absolute atomic E-state index is 0.382. The molecule has 0 bridgehead atoms. The predicted octanol–water partition coefficient (Wildman–Crippen LogP) is 7.22. The van der Waals surface area contributed by atoms with Crippen LogP contribution in [0.15, 0.2) is 48.1 Å². The molecule has 2 saturated heterocycles. The second kappa shape index (κ2) is 33.9. The molecule has 362 valence electrons. The number of aliphatic hydroxyl groups excluding tert-OH is 8. The molecule has 0 aromatic rings. The number of unbranched alkanes of at least 4 members (excludes halogenated alkanes) is 9. The van der Waals surface area contributed by atoms with Gasteiger partial charge in [-0.3, -0.25) is 9.80 Å². The van der Waals surface area contributed by atoms with Crippen LogP contribution < -0.4 is 0 Å². The van der Waals surface area contributed by atoms with Crippen LogP contribution in [0.25, 0.3) is 0 Å². The largest absolute Gasteiger partial charge is 0.394 e. The van der Waals surface area contributed by atoms with Crippen LogP contribution in [0.3, 0.4) is 0 Å². The molecule has 12 nitrogen and oxygen atoms in total. The van der Waals surface area contributed by atoms with E-state index in [-0.39, 0.29) is 13.2 Å². The Balaban J connectivity index is 2.00. The van der Waals surface area contributed by atoms with Crippen LogP contribution in [0.1, 0.15) is 169 Å². The first kappa shape index (κ1) is 56.6. The molecule has 0 amide bonds. The summed E-state index contributed by atoms with van der Waals surface area (Å²) in [6, 6.07) is -1.21. The lowest BCUT2D eigenvalue weighted by atomic mass is 9.87. The molecule has 2 rings (SSSR count). The quantitative estimate of drug-likeness (QED) is 0.0185. The molecule has 62 heavy (non-hydrogen) atoms. The van der Waals surface area contributed by atoms with Gasteiger partial charge in [-0.15, -0.1) is 0 Å². The Hall–Kier alpha value is -1.52. The molecule has 0 radical (unpaired) electrons. The zero-order valence-corrected chi connectivity index (χ0v) is 39.4. The molecule has 2 aliphatic rings. The molecule has 0 aromatic carbocycles. The van der Waals surface area contributed by atoms with E-state index in [1.807, 2.05) is 23.6 Å². The van der Waals surface area contributed by atoms with Gasteiger partial charge in [-0.05, 0) is 109 Å². The molecule has 2 heterocycles. The molecule has 4 unspecified atom stereocenters. The lowest BCUT2D eigenvalue weighted by molar-refractivity contribution is -0.268.